The van der Waals surface area contributed by atoms with E-state index in [1.54, 1.807) is 14.2 Å². The summed E-state index contributed by atoms with van der Waals surface area (Å²) in [6.07, 6.45) is 2.05. The molecule has 5 nitrogen and oxygen atoms in total. The summed E-state index contributed by atoms with van der Waals surface area (Å²) >= 11 is 0. The fraction of sp³-hybridized carbons (Fsp3) is 0.588. The molecule has 1 saturated heterocycles. The minimum atomic E-state index is 0. The number of guanidine groups is 1. The number of hydrogen-bond acceptors (Lipinski definition) is 3. The Hall–Kier alpha value is -0.860. The molecule has 1 fully saturated rings. The van der Waals surface area contributed by atoms with Crippen molar-refractivity contribution >= 4 is 29.9 Å². The number of nitrogens with zero attached hydrogens (tertiary/aromatic N) is 1. The van der Waals surface area contributed by atoms with Gasteiger partial charge in [0.2, 0.25) is 0 Å². The molecule has 0 spiro atoms. The normalized spacial score (nSPS) is 17.2. The van der Waals surface area contributed by atoms with Crippen LogP contribution >= 0.6 is 24.0 Å². The number of ether oxygens (including phenoxy) is 2. The summed E-state index contributed by atoms with van der Waals surface area (Å²) in [6.45, 7) is 3.89. The average molecular weight is 433 g/mol. The first-order chi connectivity index (χ1) is 10.8. The zero-order valence-corrected chi connectivity index (χ0v) is 16.3. The molecule has 23 heavy (non-hydrogen) atoms. The topological polar surface area (TPSA) is 54.9 Å². The van der Waals surface area contributed by atoms with Crippen LogP contribution < -0.4 is 10.6 Å². The average Bonchev–Trinajstić information content (AvgIpc) is 2.59. The van der Waals surface area contributed by atoms with Gasteiger partial charge in [-0.15, -0.1) is 24.0 Å². The van der Waals surface area contributed by atoms with Crippen LogP contribution in [0.4, 0.5) is 0 Å². The van der Waals surface area contributed by atoms with E-state index in [0.717, 1.165) is 45.1 Å². The lowest BCUT2D eigenvalue weighted by Gasteiger charge is -2.38. The maximum absolute atomic E-state index is 5.57. The molecule has 6 heteroatoms. The second-order valence-electron chi connectivity index (χ2n) is 5.60. The van der Waals surface area contributed by atoms with E-state index in [4.69, 9.17) is 9.47 Å². The Bertz CT molecular complexity index is 462. The van der Waals surface area contributed by atoms with Gasteiger partial charge in [-0.3, -0.25) is 4.99 Å². The molecule has 1 aromatic rings. The van der Waals surface area contributed by atoms with Crippen molar-refractivity contribution in [1.29, 1.82) is 0 Å². The second-order valence-corrected chi connectivity index (χ2v) is 5.60. The number of benzene rings is 1. The lowest BCUT2D eigenvalue weighted by Crippen LogP contribution is -2.48. The highest BCUT2D eigenvalue weighted by Gasteiger charge is 2.34. The van der Waals surface area contributed by atoms with E-state index in [1.807, 2.05) is 0 Å². The highest BCUT2D eigenvalue weighted by atomic mass is 127. The number of halogens is 1. The number of aliphatic imine (C=N–C) groups is 1. The van der Waals surface area contributed by atoms with E-state index in [9.17, 15) is 0 Å². The maximum atomic E-state index is 5.57. The molecule has 2 N–H and O–H groups in total. The summed E-state index contributed by atoms with van der Waals surface area (Å²) in [5, 5.41) is 6.73. The van der Waals surface area contributed by atoms with E-state index in [-0.39, 0.29) is 29.4 Å². The fourth-order valence-corrected chi connectivity index (χ4v) is 2.87. The number of rotatable bonds is 6. The predicted molar refractivity (Wildman–Crippen MR) is 105 cm³/mol. The Balaban J connectivity index is 0.00000264. The molecule has 1 aromatic carbocycles. The Kier molecular flexibility index (Phi) is 9.50. The van der Waals surface area contributed by atoms with Crippen LogP contribution in [-0.4, -0.2) is 53.0 Å². The SMILES string of the molecule is CN=C(NCCOC)NCC1(c2ccccc2)CCOCC1.I. The van der Waals surface area contributed by atoms with Crippen LogP contribution in [0.3, 0.4) is 0 Å². The molecule has 1 aliphatic heterocycles. The molecular formula is C17H28IN3O2. The van der Waals surface area contributed by atoms with Crippen molar-refractivity contribution in [3.8, 4) is 0 Å². The minimum absolute atomic E-state index is 0. The van der Waals surface area contributed by atoms with E-state index < -0.39 is 0 Å². The van der Waals surface area contributed by atoms with Crippen LogP contribution in [0.1, 0.15) is 18.4 Å². The van der Waals surface area contributed by atoms with E-state index in [0.29, 0.717) is 6.61 Å². The fourth-order valence-electron chi connectivity index (χ4n) is 2.87. The maximum Gasteiger partial charge on any atom is 0.191 e. The van der Waals surface area contributed by atoms with Crippen LogP contribution in [-0.2, 0) is 14.9 Å². The lowest BCUT2D eigenvalue weighted by molar-refractivity contribution is 0.0514. The van der Waals surface area contributed by atoms with Crippen molar-refractivity contribution in [3.63, 3.8) is 0 Å². The smallest absolute Gasteiger partial charge is 0.191 e. The third-order valence-electron chi connectivity index (χ3n) is 4.25. The first kappa shape index (κ1) is 20.2. The minimum Gasteiger partial charge on any atom is -0.383 e. The van der Waals surface area contributed by atoms with Gasteiger partial charge in [0, 0.05) is 45.9 Å². The molecule has 1 heterocycles. The molecule has 0 amide bonds. The summed E-state index contributed by atoms with van der Waals surface area (Å²) in [5.74, 6) is 0.818. The quantitative estimate of drug-likeness (QED) is 0.313. The third kappa shape index (κ3) is 5.93. The highest BCUT2D eigenvalue weighted by molar-refractivity contribution is 14.0. The van der Waals surface area contributed by atoms with Crippen LogP contribution in [0.2, 0.25) is 0 Å². The van der Waals surface area contributed by atoms with Crippen LogP contribution in [0.25, 0.3) is 0 Å². The Morgan fingerprint density at radius 3 is 2.52 bits per heavy atom. The third-order valence-corrected chi connectivity index (χ3v) is 4.25. The summed E-state index contributed by atoms with van der Waals surface area (Å²) < 4.78 is 10.6. The van der Waals surface area contributed by atoms with Gasteiger partial charge >= 0.3 is 0 Å². The van der Waals surface area contributed by atoms with Crippen molar-refractivity contribution < 1.29 is 9.47 Å². The monoisotopic (exact) mass is 433 g/mol. The van der Waals surface area contributed by atoms with Crippen LogP contribution in [0.15, 0.2) is 35.3 Å². The van der Waals surface area contributed by atoms with Crippen LogP contribution in [0.5, 0.6) is 0 Å². The molecule has 130 valence electrons. The zero-order valence-electron chi connectivity index (χ0n) is 14.0. The van der Waals surface area contributed by atoms with Crippen molar-refractivity contribution in [2.75, 3.05) is 47.1 Å². The van der Waals surface area contributed by atoms with Gasteiger partial charge in [-0.05, 0) is 18.4 Å². The van der Waals surface area contributed by atoms with Crippen molar-refractivity contribution in [2.24, 2.45) is 4.99 Å². The van der Waals surface area contributed by atoms with Crippen molar-refractivity contribution in [3.05, 3.63) is 35.9 Å². The van der Waals surface area contributed by atoms with Gasteiger partial charge in [0.1, 0.15) is 0 Å². The molecule has 2 rings (SSSR count). The largest absolute Gasteiger partial charge is 0.383 e. The van der Waals surface area contributed by atoms with Crippen molar-refractivity contribution in [2.45, 2.75) is 18.3 Å². The second kappa shape index (κ2) is 10.8. The molecule has 0 aromatic heterocycles. The first-order valence-corrected chi connectivity index (χ1v) is 7.87. The van der Waals surface area contributed by atoms with Crippen molar-refractivity contribution in [1.82, 2.24) is 10.6 Å². The Labute approximate surface area is 156 Å². The summed E-state index contributed by atoms with van der Waals surface area (Å²) in [6, 6.07) is 10.7. The van der Waals surface area contributed by atoms with Gasteiger partial charge in [0.15, 0.2) is 5.96 Å². The standard InChI is InChI=1S/C17H27N3O2.HI/c1-18-16(19-10-13-21-2)20-14-17(8-11-22-12-9-17)15-6-4-3-5-7-15;/h3-7H,8-14H2,1-2H3,(H2,18,19,20);1H. The molecule has 0 aliphatic carbocycles. The summed E-state index contributed by atoms with van der Waals surface area (Å²) in [4.78, 5) is 4.28. The Morgan fingerprint density at radius 2 is 1.91 bits per heavy atom. The predicted octanol–water partition coefficient (Wildman–Crippen LogP) is 2.16. The zero-order chi connectivity index (χ0) is 15.7. The van der Waals surface area contributed by atoms with Gasteiger partial charge in [0.05, 0.1) is 6.61 Å². The van der Waals surface area contributed by atoms with E-state index in [2.05, 4.69) is 46.0 Å². The summed E-state index contributed by atoms with van der Waals surface area (Å²) in [7, 11) is 3.49. The highest BCUT2D eigenvalue weighted by Crippen LogP contribution is 2.34. The van der Waals surface area contributed by atoms with Crippen LogP contribution in [0, 0.1) is 0 Å². The molecule has 1 aliphatic rings. The Morgan fingerprint density at radius 1 is 1.22 bits per heavy atom. The molecule has 0 radical (unpaired) electrons. The van der Waals surface area contributed by atoms with E-state index >= 15 is 0 Å². The number of hydrogen-bond donors (Lipinski definition) is 2. The molecule has 0 unspecified atom stereocenters. The lowest BCUT2D eigenvalue weighted by atomic mass is 9.74. The molecule has 0 bridgehead atoms. The van der Waals surface area contributed by atoms with Gasteiger partial charge in [-0.2, -0.15) is 0 Å². The molecule has 0 saturated carbocycles. The first-order valence-electron chi connectivity index (χ1n) is 7.87. The molecule has 0 atom stereocenters. The van der Waals surface area contributed by atoms with Gasteiger partial charge < -0.3 is 20.1 Å². The molecular weight excluding hydrogens is 405 g/mol. The van der Waals surface area contributed by atoms with Gasteiger partial charge in [-0.25, -0.2) is 0 Å². The summed E-state index contributed by atoms with van der Waals surface area (Å²) in [5.41, 5.74) is 1.48. The van der Waals surface area contributed by atoms with Gasteiger partial charge in [0.25, 0.3) is 0 Å². The van der Waals surface area contributed by atoms with E-state index in [1.165, 1.54) is 5.56 Å². The number of methoxy groups -OCH3 is 1. The number of nitrogens with one attached hydrogen (secondary N) is 2. The van der Waals surface area contributed by atoms with Gasteiger partial charge in [-0.1, -0.05) is 30.3 Å².